The first-order valence-corrected chi connectivity index (χ1v) is 15.2. The zero-order valence-electron chi connectivity index (χ0n) is 24.9. The van der Waals surface area contributed by atoms with Crippen LogP contribution < -0.4 is 9.80 Å². The maximum atomic E-state index is 14.2. The molecular weight excluding hydrogens is 532 g/mol. The molecule has 42 heavy (non-hydrogen) atoms. The highest BCUT2D eigenvalue weighted by Gasteiger charge is 2.30. The van der Waals surface area contributed by atoms with Gasteiger partial charge in [0.15, 0.2) is 5.65 Å². The van der Waals surface area contributed by atoms with Crippen molar-refractivity contribution >= 4 is 17.3 Å². The lowest BCUT2D eigenvalue weighted by Gasteiger charge is -2.29. The number of benzene rings is 1. The van der Waals surface area contributed by atoms with Crippen molar-refractivity contribution in [2.45, 2.75) is 63.6 Å². The molecule has 2 fully saturated rings. The van der Waals surface area contributed by atoms with Crippen LogP contribution in [0.1, 0.15) is 57.4 Å². The number of rotatable bonds is 7. The highest BCUT2D eigenvalue weighted by atomic mass is 19.1. The quantitative estimate of drug-likeness (QED) is 0.257. The molecule has 7 nitrogen and oxygen atoms in total. The van der Waals surface area contributed by atoms with E-state index in [0.717, 1.165) is 92.5 Å². The molecule has 4 aromatic rings. The lowest BCUT2D eigenvalue weighted by Crippen LogP contribution is -2.41. The molecule has 2 saturated heterocycles. The molecule has 0 amide bonds. The largest absolute Gasteiger partial charge is 0.355 e. The minimum absolute atomic E-state index is 0.153. The van der Waals surface area contributed by atoms with Crippen molar-refractivity contribution in [1.29, 1.82) is 0 Å². The smallest absolute Gasteiger partial charge is 0.154 e. The summed E-state index contributed by atoms with van der Waals surface area (Å²) in [7, 11) is 2.01. The molecule has 2 aliphatic rings. The number of hydrogen-bond acceptors (Lipinski definition) is 6. The summed E-state index contributed by atoms with van der Waals surface area (Å²) >= 11 is 0. The van der Waals surface area contributed by atoms with Gasteiger partial charge < -0.3 is 9.80 Å². The predicted octanol–water partition coefficient (Wildman–Crippen LogP) is 6.35. The van der Waals surface area contributed by atoms with Crippen molar-refractivity contribution in [2.24, 2.45) is 0 Å². The van der Waals surface area contributed by atoms with Crippen LogP contribution in [0.4, 0.5) is 20.4 Å². The second-order valence-electron chi connectivity index (χ2n) is 12.5. The Labute approximate surface area is 247 Å². The zero-order chi connectivity index (χ0) is 29.3. The third-order valence-electron chi connectivity index (χ3n) is 8.69. The molecule has 0 bridgehead atoms. The number of anilines is 2. The first kappa shape index (κ1) is 28.5. The van der Waals surface area contributed by atoms with Crippen molar-refractivity contribution in [3.63, 3.8) is 0 Å². The summed E-state index contributed by atoms with van der Waals surface area (Å²) in [5, 5.41) is 5.03. The van der Waals surface area contributed by atoms with Crippen molar-refractivity contribution < 1.29 is 8.78 Å². The Morgan fingerprint density at radius 1 is 0.929 bits per heavy atom. The van der Waals surface area contributed by atoms with E-state index in [0.29, 0.717) is 18.5 Å². The minimum atomic E-state index is -1.22. The Kier molecular flexibility index (Phi) is 8.12. The second-order valence-corrected chi connectivity index (χ2v) is 12.5. The first-order valence-electron chi connectivity index (χ1n) is 15.2. The van der Waals surface area contributed by atoms with Gasteiger partial charge in [0, 0.05) is 38.8 Å². The third kappa shape index (κ3) is 6.41. The van der Waals surface area contributed by atoms with Crippen LogP contribution in [0.25, 0.3) is 17.0 Å². The summed E-state index contributed by atoms with van der Waals surface area (Å²) in [6.45, 7) is 7.22. The minimum Gasteiger partial charge on any atom is -0.355 e. The standard InChI is InChI=1S/C33H41F2N7/c1-33(2,35)23-39(3)27-16-19-41(22-27)31-13-5-12-28(37-31)29-21-36-30-14-15-32(38-42(29)30)40-17-6-9-24(10-7-18-40)25-8-4-11-26(34)20-25/h4-5,8,11-15,20-21,24,27H,6-7,9-10,16-19,22-23H2,1-3H3/t27-/m1/s1. The molecule has 1 aromatic carbocycles. The molecule has 6 rings (SSSR count). The molecule has 5 heterocycles. The average molecular weight is 574 g/mol. The molecule has 0 saturated carbocycles. The van der Waals surface area contributed by atoms with E-state index in [-0.39, 0.29) is 5.82 Å². The number of imidazole rings is 1. The van der Waals surface area contributed by atoms with Gasteiger partial charge in [-0.15, -0.1) is 5.10 Å². The van der Waals surface area contributed by atoms with Gasteiger partial charge in [-0.25, -0.2) is 23.3 Å². The maximum Gasteiger partial charge on any atom is 0.154 e. The van der Waals surface area contributed by atoms with E-state index < -0.39 is 5.67 Å². The van der Waals surface area contributed by atoms with Crippen molar-refractivity contribution in [1.82, 2.24) is 24.5 Å². The lowest BCUT2D eigenvalue weighted by atomic mass is 9.88. The van der Waals surface area contributed by atoms with Crippen LogP contribution in [0.2, 0.25) is 0 Å². The molecule has 0 unspecified atom stereocenters. The average Bonchev–Trinajstić information content (AvgIpc) is 3.60. The summed E-state index contributed by atoms with van der Waals surface area (Å²) < 4.78 is 29.9. The monoisotopic (exact) mass is 573 g/mol. The summed E-state index contributed by atoms with van der Waals surface area (Å²) in [4.78, 5) is 16.4. The number of fused-ring (bicyclic) bond motifs is 1. The fourth-order valence-corrected chi connectivity index (χ4v) is 6.62. The third-order valence-corrected chi connectivity index (χ3v) is 8.69. The maximum absolute atomic E-state index is 14.2. The Bertz CT molecular complexity index is 1500. The Balaban J connectivity index is 1.16. The van der Waals surface area contributed by atoms with E-state index in [4.69, 9.17) is 10.1 Å². The van der Waals surface area contributed by atoms with E-state index in [1.807, 2.05) is 48.1 Å². The van der Waals surface area contributed by atoms with Crippen LogP contribution >= 0.6 is 0 Å². The predicted molar refractivity (Wildman–Crippen MR) is 164 cm³/mol. The Hall–Kier alpha value is -3.59. The number of pyridine rings is 1. The topological polar surface area (TPSA) is 52.8 Å². The number of nitrogens with zero attached hydrogens (tertiary/aromatic N) is 7. The first-order chi connectivity index (χ1) is 20.2. The number of hydrogen-bond donors (Lipinski definition) is 0. The van der Waals surface area contributed by atoms with Crippen molar-refractivity contribution in [3.8, 4) is 11.4 Å². The fraction of sp³-hybridized carbons (Fsp3) is 0.485. The van der Waals surface area contributed by atoms with Gasteiger partial charge in [0.05, 0.1) is 11.9 Å². The zero-order valence-corrected chi connectivity index (χ0v) is 24.9. The second kappa shape index (κ2) is 12.0. The van der Waals surface area contributed by atoms with E-state index >= 15 is 0 Å². The number of aromatic nitrogens is 4. The molecule has 0 spiro atoms. The Morgan fingerprint density at radius 2 is 1.71 bits per heavy atom. The SMILES string of the molecule is CN(CC(C)(C)F)[C@@H]1CCN(c2cccc(-c3cnc4ccc(N5CCCC(c6cccc(F)c6)CCC5)nn34)n2)C1. The van der Waals surface area contributed by atoms with Gasteiger partial charge in [-0.3, -0.25) is 4.90 Å². The van der Waals surface area contributed by atoms with Crippen LogP contribution in [0.5, 0.6) is 0 Å². The van der Waals surface area contributed by atoms with Gasteiger partial charge in [-0.1, -0.05) is 18.2 Å². The molecule has 0 radical (unpaired) electrons. The van der Waals surface area contributed by atoms with Crippen LogP contribution in [0.3, 0.4) is 0 Å². The van der Waals surface area contributed by atoms with Gasteiger partial charge in [-0.05, 0) is 101 Å². The van der Waals surface area contributed by atoms with Gasteiger partial charge in [0.2, 0.25) is 0 Å². The molecule has 1 atom stereocenters. The normalized spacial score (nSPS) is 19.0. The van der Waals surface area contributed by atoms with E-state index in [9.17, 15) is 8.78 Å². The summed E-state index contributed by atoms with van der Waals surface area (Å²) in [5.41, 5.74) is 2.38. The van der Waals surface area contributed by atoms with Crippen molar-refractivity contribution in [3.05, 3.63) is 72.2 Å². The van der Waals surface area contributed by atoms with Gasteiger partial charge >= 0.3 is 0 Å². The number of alkyl halides is 1. The van der Waals surface area contributed by atoms with Crippen LogP contribution in [0, 0.1) is 5.82 Å². The Morgan fingerprint density at radius 3 is 2.48 bits per heavy atom. The van der Waals surface area contributed by atoms with Gasteiger partial charge in [-0.2, -0.15) is 0 Å². The molecule has 9 heteroatoms. The van der Waals surface area contributed by atoms with Gasteiger partial charge in [0.1, 0.15) is 28.8 Å². The number of halogens is 2. The lowest BCUT2D eigenvalue weighted by molar-refractivity contribution is 0.120. The fourth-order valence-electron chi connectivity index (χ4n) is 6.62. The van der Waals surface area contributed by atoms with Crippen LogP contribution in [0.15, 0.2) is 60.8 Å². The highest BCUT2D eigenvalue weighted by Crippen LogP contribution is 2.31. The van der Waals surface area contributed by atoms with Crippen LogP contribution in [-0.4, -0.2) is 76.0 Å². The summed E-state index contributed by atoms with van der Waals surface area (Å²) in [6.07, 6.45) is 6.95. The molecule has 2 aliphatic heterocycles. The summed E-state index contributed by atoms with van der Waals surface area (Å²) in [5.74, 6) is 2.10. The van der Waals surface area contributed by atoms with Gasteiger partial charge in [0.25, 0.3) is 0 Å². The molecular formula is C33H41F2N7. The van der Waals surface area contributed by atoms with E-state index in [1.165, 1.54) is 6.07 Å². The molecule has 0 N–H and O–H groups in total. The van der Waals surface area contributed by atoms with Crippen molar-refractivity contribution in [2.75, 3.05) is 49.6 Å². The highest BCUT2D eigenvalue weighted by molar-refractivity contribution is 5.62. The summed E-state index contributed by atoms with van der Waals surface area (Å²) in [6, 6.07) is 17.6. The van der Waals surface area contributed by atoms with E-state index in [1.54, 1.807) is 19.9 Å². The molecule has 0 aliphatic carbocycles. The number of likely N-dealkylation sites (N-methyl/N-ethyl adjacent to an activating group) is 1. The van der Waals surface area contributed by atoms with Crippen LogP contribution in [-0.2, 0) is 0 Å². The molecule has 3 aromatic heterocycles. The molecule has 222 valence electrons. The van der Waals surface area contributed by atoms with E-state index in [2.05, 4.69) is 31.8 Å².